The van der Waals surface area contributed by atoms with E-state index in [1.807, 2.05) is 0 Å². The van der Waals surface area contributed by atoms with Gasteiger partial charge < -0.3 is 10.6 Å². The minimum Gasteiger partial charge on any atom is -0.375 e. The van der Waals surface area contributed by atoms with Gasteiger partial charge in [-0.2, -0.15) is 0 Å². The van der Waals surface area contributed by atoms with Gasteiger partial charge in [-0.3, -0.25) is 0 Å². The Labute approximate surface area is 107 Å². The maximum absolute atomic E-state index is 13.5. The van der Waals surface area contributed by atoms with E-state index in [9.17, 15) is 22.0 Å². The monoisotopic (exact) mass is 280 g/mol. The van der Waals surface area contributed by atoms with Crippen LogP contribution in [-0.4, -0.2) is 18.6 Å². The molecule has 0 spiro atoms. The highest BCUT2D eigenvalue weighted by Gasteiger charge is 2.32. The van der Waals surface area contributed by atoms with Crippen molar-refractivity contribution in [2.75, 3.05) is 18.4 Å². The molecule has 19 heavy (non-hydrogen) atoms. The lowest BCUT2D eigenvalue weighted by Crippen LogP contribution is -2.45. The summed E-state index contributed by atoms with van der Waals surface area (Å²) in [5.74, 6) is -9.65. The van der Waals surface area contributed by atoms with E-state index in [1.165, 1.54) is 0 Å². The summed E-state index contributed by atoms with van der Waals surface area (Å²) in [6.07, 6.45) is 1.04. The van der Waals surface area contributed by atoms with Crippen LogP contribution >= 0.6 is 0 Å². The van der Waals surface area contributed by atoms with Crippen LogP contribution in [0.2, 0.25) is 0 Å². The average Bonchev–Trinajstić information content (AvgIpc) is 2.40. The predicted molar refractivity (Wildman–Crippen MR) is 60.4 cm³/mol. The van der Waals surface area contributed by atoms with Crippen LogP contribution in [-0.2, 0) is 0 Å². The SMILES string of the molecule is CC1(Nc2c(F)c(F)c(F)c(F)c2F)CCNCC1. The van der Waals surface area contributed by atoms with Crippen molar-refractivity contribution in [1.82, 2.24) is 5.32 Å². The first-order valence-electron chi connectivity index (χ1n) is 5.86. The van der Waals surface area contributed by atoms with Crippen LogP contribution in [0.1, 0.15) is 19.8 Å². The van der Waals surface area contributed by atoms with Gasteiger partial charge in [0, 0.05) is 5.54 Å². The van der Waals surface area contributed by atoms with Gasteiger partial charge in [0.2, 0.25) is 5.82 Å². The predicted octanol–water partition coefficient (Wildman–Crippen LogP) is 2.94. The van der Waals surface area contributed by atoms with Crippen molar-refractivity contribution in [3.8, 4) is 0 Å². The van der Waals surface area contributed by atoms with Gasteiger partial charge in [0.05, 0.1) is 0 Å². The standard InChI is InChI=1S/C12H13F5N2/c1-12(2-4-18-5-3-12)19-11-9(16)7(14)6(13)8(15)10(11)17/h18-19H,2-5H2,1H3. The maximum atomic E-state index is 13.5. The Hall–Kier alpha value is -1.37. The lowest BCUT2D eigenvalue weighted by molar-refractivity contribution is 0.351. The van der Waals surface area contributed by atoms with Gasteiger partial charge in [-0.05, 0) is 32.9 Å². The van der Waals surface area contributed by atoms with Crippen molar-refractivity contribution < 1.29 is 22.0 Å². The van der Waals surface area contributed by atoms with Gasteiger partial charge in [-0.1, -0.05) is 0 Å². The zero-order valence-corrected chi connectivity index (χ0v) is 10.2. The number of hydrogen-bond donors (Lipinski definition) is 2. The molecule has 0 unspecified atom stereocenters. The molecule has 0 aromatic heterocycles. The van der Waals surface area contributed by atoms with E-state index in [1.54, 1.807) is 6.92 Å². The molecule has 2 nitrogen and oxygen atoms in total. The van der Waals surface area contributed by atoms with Crippen molar-refractivity contribution in [2.24, 2.45) is 0 Å². The molecule has 1 fully saturated rings. The largest absolute Gasteiger partial charge is 0.375 e. The molecule has 1 aromatic rings. The van der Waals surface area contributed by atoms with E-state index in [-0.39, 0.29) is 0 Å². The molecule has 0 aliphatic carbocycles. The van der Waals surface area contributed by atoms with Crippen molar-refractivity contribution in [2.45, 2.75) is 25.3 Å². The maximum Gasteiger partial charge on any atom is 0.200 e. The smallest absolute Gasteiger partial charge is 0.200 e. The number of anilines is 1. The Kier molecular flexibility index (Phi) is 3.66. The van der Waals surface area contributed by atoms with Gasteiger partial charge in [0.25, 0.3) is 0 Å². The van der Waals surface area contributed by atoms with Crippen molar-refractivity contribution >= 4 is 5.69 Å². The van der Waals surface area contributed by atoms with Gasteiger partial charge in [0.1, 0.15) is 5.69 Å². The Morgan fingerprint density at radius 3 is 1.74 bits per heavy atom. The molecular weight excluding hydrogens is 267 g/mol. The fourth-order valence-electron chi connectivity index (χ4n) is 2.12. The zero-order chi connectivity index (χ0) is 14.2. The zero-order valence-electron chi connectivity index (χ0n) is 10.2. The molecule has 7 heteroatoms. The van der Waals surface area contributed by atoms with Crippen LogP contribution in [0.3, 0.4) is 0 Å². The minimum atomic E-state index is -2.14. The van der Waals surface area contributed by atoms with Gasteiger partial charge in [-0.15, -0.1) is 0 Å². The second-order valence-electron chi connectivity index (χ2n) is 4.88. The van der Waals surface area contributed by atoms with Crippen LogP contribution in [0.15, 0.2) is 0 Å². The Morgan fingerprint density at radius 1 is 0.842 bits per heavy atom. The number of hydrogen-bond acceptors (Lipinski definition) is 2. The van der Waals surface area contributed by atoms with Gasteiger partial charge >= 0.3 is 0 Å². The number of rotatable bonds is 2. The molecule has 1 aromatic carbocycles. The van der Waals surface area contributed by atoms with Crippen molar-refractivity contribution in [1.29, 1.82) is 0 Å². The van der Waals surface area contributed by atoms with Gasteiger partial charge in [0.15, 0.2) is 23.3 Å². The van der Waals surface area contributed by atoms with E-state index in [2.05, 4.69) is 10.6 Å². The highest BCUT2D eigenvalue weighted by Crippen LogP contribution is 2.31. The summed E-state index contributed by atoms with van der Waals surface area (Å²) in [5, 5.41) is 5.52. The van der Waals surface area contributed by atoms with E-state index in [0.717, 1.165) is 0 Å². The van der Waals surface area contributed by atoms with E-state index in [0.29, 0.717) is 25.9 Å². The molecule has 2 rings (SSSR count). The average molecular weight is 280 g/mol. The number of nitrogens with one attached hydrogen (secondary N) is 2. The Morgan fingerprint density at radius 2 is 1.26 bits per heavy atom. The molecule has 0 radical (unpaired) electrons. The van der Waals surface area contributed by atoms with Crippen LogP contribution < -0.4 is 10.6 Å². The summed E-state index contributed by atoms with van der Waals surface area (Å²) in [7, 11) is 0. The van der Waals surface area contributed by atoms with Gasteiger partial charge in [-0.25, -0.2) is 22.0 Å². The quantitative estimate of drug-likeness (QED) is 0.494. The molecule has 0 amide bonds. The summed E-state index contributed by atoms with van der Waals surface area (Å²) in [6, 6.07) is 0. The lowest BCUT2D eigenvalue weighted by atomic mass is 9.90. The van der Waals surface area contributed by atoms with E-state index in [4.69, 9.17) is 0 Å². The summed E-state index contributed by atoms with van der Waals surface area (Å²) in [5.41, 5.74) is -1.66. The van der Waals surface area contributed by atoms with Crippen LogP contribution in [0.5, 0.6) is 0 Å². The van der Waals surface area contributed by atoms with Crippen LogP contribution in [0.25, 0.3) is 0 Å². The molecule has 1 aliphatic heterocycles. The molecule has 1 aliphatic rings. The second kappa shape index (κ2) is 4.96. The third-order valence-electron chi connectivity index (χ3n) is 3.34. The molecule has 0 saturated carbocycles. The van der Waals surface area contributed by atoms with E-state index < -0.39 is 40.3 Å². The molecule has 0 atom stereocenters. The second-order valence-corrected chi connectivity index (χ2v) is 4.88. The third kappa shape index (κ3) is 2.51. The first-order chi connectivity index (χ1) is 8.86. The number of benzene rings is 1. The minimum absolute atomic E-state index is 0.520. The highest BCUT2D eigenvalue weighted by atomic mass is 19.2. The topological polar surface area (TPSA) is 24.1 Å². The lowest BCUT2D eigenvalue weighted by Gasteiger charge is -2.36. The molecule has 1 heterocycles. The molecular formula is C12H13F5N2. The third-order valence-corrected chi connectivity index (χ3v) is 3.34. The molecule has 1 saturated heterocycles. The number of piperidine rings is 1. The van der Waals surface area contributed by atoms with Crippen molar-refractivity contribution in [3.05, 3.63) is 29.1 Å². The summed E-state index contributed by atoms with van der Waals surface area (Å²) < 4.78 is 66.1. The Balaban J connectivity index is 2.40. The normalized spacial score (nSPS) is 18.4. The fraction of sp³-hybridized carbons (Fsp3) is 0.500. The van der Waals surface area contributed by atoms with Crippen LogP contribution in [0, 0.1) is 29.1 Å². The molecule has 2 N–H and O–H groups in total. The summed E-state index contributed by atoms with van der Waals surface area (Å²) in [4.78, 5) is 0. The number of halogens is 5. The fourth-order valence-corrected chi connectivity index (χ4v) is 2.12. The first kappa shape index (κ1) is 14.0. The molecule has 0 bridgehead atoms. The van der Waals surface area contributed by atoms with E-state index >= 15 is 0 Å². The van der Waals surface area contributed by atoms with Crippen molar-refractivity contribution in [3.63, 3.8) is 0 Å². The Bertz CT molecular complexity index is 468. The first-order valence-corrected chi connectivity index (χ1v) is 5.86. The van der Waals surface area contributed by atoms with Crippen LogP contribution in [0.4, 0.5) is 27.6 Å². The summed E-state index contributed by atoms with van der Waals surface area (Å²) in [6.45, 7) is 2.91. The highest BCUT2D eigenvalue weighted by molar-refractivity contribution is 5.49. The summed E-state index contributed by atoms with van der Waals surface area (Å²) >= 11 is 0. The molecule has 106 valence electrons.